The molecule has 0 atom stereocenters. The number of anilines is 1. The summed E-state index contributed by atoms with van der Waals surface area (Å²) in [6.45, 7) is 4.23. The Labute approximate surface area is 147 Å². The molecule has 5 heteroatoms. The standard InChI is InChI=1S/C19H23NO3S/c1-13(2)15-7-5-6-8-16(15)20-19(21)12-24-14-9-10-17(22-3)18(11-14)23-4/h5-11,13H,12H2,1-4H3,(H,20,21). The van der Waals surface area contributed by atoms with Gasteiger partial charge in [0.1, 0.15) is 0 Å². The second-order valence-corrected chi connectivity index (χ2v) is 6.64. The normalized spacial score (nSPS) is 10.5. The van der Waals surface area contributed by atoms with Crippen LogP contribution in [0.1, 0.15) is 25.3 Å². The molecule has 0 fully saturated rings. The first kappa shape index (κ1) is 18.2. The van der Waals surface area contributed by atoms with E-state index in [0.29, 0.717) is 23.2 Å². The molecule has 1 N–H and O–H groups in total. The van der Waals surface area contributed by atoms with Gasteiger partial charge in [0.25, 0.3) is 0 Å². The van der Waals surface area contributed by atoms with E-state index in [0.717, 1.165) is 16.1 Å². The van der Waals surface area contributed by atoms with E-state index in [-0.39, 0.29) is 5.91 Å². The highest BCUT2D eigenvalue weighted by Crippen LogP contribution is 2.32. The Bertz CT molecular complexity index is 701. The van der Waals surface area contributed by atoms with Crippen molar-refractivity contribution in [1.82, 2.24) is 0 Å². The molecule has 2 aromatic rings. The van der Waals surface area contributed by atoms with Gasteiger partial charge in [0.05, 0.1) is 20.0 Å². The summed E-state index contributed by atoms with van der Waals surface area (Å²) < 4.78 is 10.5. The highest BCUT2D eigenvalue weighted by Gasteiger charge is 2.10. The smallest absolute Gasteiger partial charge is 0.234 e. The van der Waals surface area contributed by atoms with Gasteiger partial charge in [-0.2, -0.15) is 0 Å². The lowest BCUT2D eigenvalue weighted by molar-refractivity contribution is -0.113. The van der Waals surface area contributed by atoms with Crippen LogP contribution in [0.4, 0.5) is 5.69 Å². The highest BCUT2D eigenvalue weighted by molar-refractivity contribution is 8.00. The number of hydrogen-bond donors (Lipinski definition) is 1. The number of benzene rings is 2. The van der Waals surface area contributed by atoms with Crippen LogP contribution in [0.25, 0.3) is 0 Å². The van der Waals surface area contributed by atoms with Crippen LogP contribution in [-0.4, -0.2) is 25.9 Å². The summed E-state index contributed by atoms with van der Waals surface area (Å²) >= 11 is 1.46. The molecule has 128 valence electrons. The largest absolute Gasteiger partial charge is 0.493 e. The Morgan fingerprint density at radius 2 is 1.79 bits per heavy atom. The zero-order valence-electron chi connectivity index (χ0n) is 14.5. The van der Waals surface area contributed by atoms with Crippen molar-refractivity contribution in [3.8, 4) is 11.5 Å². The Hall–Kier alpha value is -2.14. The predicted molar refractivity (Wildman–Crippen MR) is 99.4 cm³/mol. The third-order valence-corrected chi connectivity index (χ3v) is 4.58. The fourth-order valence-electron chi connectivity index (χ4n) is 2.36. The zero-order valence-corrected chi connectivity index (χ0v) is 15.3. The fourth-order valence-corrected chi connectivity index (χ4v) is 3.08. The number of carbonyl (C=O) groups excluding carboxylic acids is 1. The van der Waals surface area contributed by atoms with Crippen LogP contribution >= 0.6 is 11.8 Å². The molecular formula is C19H23NO3S. The summed E-state index contributed by atoms with van der Waals surface area (Å²) in [5.74, 6) is 2.01. The fraction of sp³-hybridized carbons (Fsp3) is 0.316. The lowest BCUT2D eigenvalue weighted by Crippen LogP contribution is -2.15. The quantitative estimate of drug-likeness (QED) is 0.748. The van der Waals surface area contributed by atoms with Crippen molar-refractivity contribution in [1.29, 1.82) is 0 Å². The average molecular weight is 345 g/mol. The van der Waals surface area contributed by atoms with Crippen LogP contribution < -0.4 is 14.8 Å². The molecular weight excluding hydrogens is 322 g/mol. The van der Waals surface area contributed by atoms with E-state index in [1.165, 1.54) is 11.8 Å². The Kier molecular flexibility index (Phi) is 6.55. The number of thioether (sulfide) groups is 1. The van der Waals surface area contributed by atoms with Crippen LogP contribution in [0.15, 0.2) is 47.4 Å². The first-order valence-electron chi connectivity index (χ1n) is 7.78. The molecule has 0 spiro atoms. The summed E-state index contributed by atoms with van der Waals surface area (Å²) in [5.41, 5.74) is 2.02. The van der Waals surface area contributed by atoms with Gasteiger partial charge in [0.15, 0.2) is 11.5 Å². The van der Waals surface area contributed by atoms with Crippen LogP contribution in [0.5, 0.6) is 11.5 Å². The van der Waals surface area contributed by atoms with Crippen LogP contribution in [0, 0.1) is 0 Å². The maximum absolute atomic E-state index is 12.3. The van der Waals surface area contributed by atoms with Gasteiger partial charge >= 0.3 is 0 Å². The van der Waals surface area contributed by atoms with E-state index in [1.807, 2.05) is 42.5 Å². The Morgan fingerprint density at radius 3 is 2.46 bits per heavy atom. The first-order chi connectivity index (χ1) is 11.5. The van der Waals surface area contributed by atoms with Crippen molar-refractivity contribution in [2.75, 3.05) is 25.3 Å². The lowest BCUT2D eigenvalue weighted by atomic mass is 10.0. The zero-order chi connectivity index (χ0) is 17.5. The molecule has 24 heavy (non-hydrogen) atoms. The number of carbonyl (C=O) groups is 1. The number of rotatable bonds is 7. The minimum Gasteiger partial charge on any atom is -0.493 e. The molecule has 2 aromatic carbocycles. The average Bonchev–Trinajstić information content (AvgIpc) is 2.59. The van der Waals surface area contributed by atoms with E-state index < -0.39 is 0 Å². The number of hydrogen-bond acceptors (Lipinski definition) is 4. The molecule has 4 nitrogen and oxygen atoms in total. The number of methoxy groups -OCH3 is 2. The third kappa shape index (κ3) is 4.68. The Morgan fingerprint density at radius 1 is 1.08 bits per heavy atom. The molecule has 0 aromatic heterocycles. The summed E-state index contributed by atoms with van der Waals surface area (Å²) in [4.78, 5) is 13.2. The second kappa shape index (κ2) is 8.64. The van der Waals surface area contributed by atoms with Crippen LogP contribution in [-0.2, 0) is 4.79 Å². The molecule has 0 aliphatic heterocycles. The van der Waals surface area contributed by atoms with Gasteiger partial charge in [-0.3, -0.25) is 4.79 Å². The first-order valence-corrected chi connectivity index (χ1v) is 8.77. The van der Waals surface area contributed by atoms with Gasteiger partial charge in [-0.15, -0.1) is 11.8 Å². The van der Waals surface area contributed by atoms with E-state index >= 15 is 0 Å². The second-order valence-electron chi connectivity index (χ2n) is 5.60. The van der Waals surface area contributed by atoms with Crippen LogP contribution in [0.2, 0.25) is 0 Å². The SMILES string of the molecule is COc1ccc(SCC(=O)Nc2ccccc2C(C)C)cc1OC. The van der Waals surface area contributed by atoms with Gasteiger partial charge in [0, 0.05) is 10.6 Å². The van der Waals surface area contributed by atoms with Crippen molar-refractivity contribution >= 4 is 23.4 Å². The van der Waals surface area contributed by atoms with Crippen molar-refractivity contribution < 1.29 is 14.3 Å². The molecule has 0 aliphatic rings. The van der Waals surface area contributed by atoms with Gasteiger partial charge in [-0.1, -0.05) is 32.0 Å². The maximum Gasteiger partial charge on any atom is 0.234 e. The monoisotopic (exact) mass is 345 g/mol. The summed E-state index contributed by atoms with van der Waals surface area (Å²) in [5, 5.41) is 3.00. The van der Waals surface area contributed by atoms with E-state index in [1.54, 1.807) is 14.2 Å². The van der Waals surface area contributed by atoms with Crippen molar-refractivity contribution in [2.24, 2.45) is 0 Å². The van der Waals surface area contributed by atoms with E-state index in [9.17, 15) is 4.79 Å². The number of amides is 1. The van der Waals surface area contributed by atoms with Gasteiger partial charge in [0.2, 0.25) is 5.91 Å². The topological polar surface area (TPSA) is 47.6 Å². The molecule has 0 aliphatic carbocycles. The molecule has 0 radical (unpaired) electrons. The third-order valence-electron chi connectivity index (χ3n) is 3.58. The molecule has 1 amide bonds. The van der Waals surface area contributed by atoms with Crippen LogP contribution in [0.3, 0.4) is 0 Å². The highest BCUT2D eigenvalue weighted by atomic mass is 32.2. The molecule has 0 saturated carbocycles. The maximum atomic E-state index is 12.3. The number of ether oxygens (including phenoxy) is 2. The molecule has 0 saturated heterocycles. The van der Waals surface area contributed by atoms with Crippen molar-refractivity contribution in [3.05, 3.63) is 48.0 Å². The van der Waals surface area contributed by atoms with E-state index in [2.05, 4.69) is 19.2 Å². The molecule has 2 rings (SSSR count). The van der Waals surface area contributed by atoms with Gasteiger partial charge < -0.3 is 14.8 Å². The molecule has 0 bridgehead atoms. The minimum atomic E-state index is -0.0251. The van der Waals surface area contributed by atoms with Crippen molar-refractivity contribution in [2.45, 2.75) is 24.7 Å². The van der Waals surface area contributed by atoms with Crippen molar-refractivity contribution in [3.63, 3.8) is 0 Å². The van der Waals surface area contributed by atoms with Gasteiger partial charge in [-0.25, -0.2) is 0 Å². The number of para-hydroxylation sites is 1. The summed E-state index contributed by atoms with van der Waals surface area (Å²) in [7, 11) is 3.20. The number of nitrogens with one attached hydrogen (secondary N) is 1. The minimum absolute atomic E-state index is 0.0251. The molecule has 0 heterocycles. The van der Waals surface area contributed by atoms with E-state index in [4.69, 9.17) is 9.47 Å². The predicted octanol–water partition coefficient (Wildman–Crippen LogP) is 4.56. The Balaban J connectivity index is 1.99. The summed E-state index contributed by atoms with van der Waals surface area (Å²) in [6.07, 6.45) is 0. The van der Waals surface area contributed by atoms with Gasteiger partial charge in [-0.05, 0) is 35.7 Å². The molecule has 0 unspecified atom stereocenters. The lowest BCUT2D eigenvalue weighted by Gasteiger charge is -2.13. The summed E-state index contributed by atoms with van der Waals surface area (Å²) in [6, 6.07) is 13.5.